The molecule has 0 aromatic heterocycles. The van der Waals surface area contributed by atoms with Gasteiger partial charge >= 0.3 is 17.4 Å². The van der Waals surface area contributed by atoms with E-state index in [-0.39, 0.29) is 54.6 Å². The first kappa shape index (κ1) is 34.5. The van der Waals surface area contributed by atoms with E-state index in [0.29, 0.717) is 10.2 Å². The van der Waals surface area contributed by atoms with Crippen molar-refractivity contribution in [2.24, 2.45) is 0 Å². The summed E-state index contributed by atoms with van der Waals surface area (Å²) in [7, 11) is 10.1. The molecule has 0 rings (SSSR count). The maximum Gasteiger partial charge on any atom is 3.00 e. The number of rotatable bonds is 0. The Hall–Kier alpha value is 2.33. The third kappa shape index (κ3) is 61.4. The molecule has 0 saturated carbocycles. The Morgan fingerprint density at radius 1 is 0.857 bits per heavy atom. The summed E-state index contributed by atoms with van der Waals surface area (Å²) in [6, 6.07) is 0. The molecule has 0 aromatic rings. The van der Waals surface area contributed by atoms with Gasteiger partial charge in [-0.25, -0.2) is 0 Å². The predicted molar refractivity (Wildman–Crippen MR) is 25.1 cm³/mol. The van der Waals surface area contributed by atoms with E-state index < -0.39 is 0 Å². The maximum absolute atomic E-state index is 4.68. The number of hydrogen-bond donors (Lipinski definition) is 0. The molecule has 0 amide bonds. The molecule has 0 heterocycles. The molecule has 0 aromatic carbocycles. The summed E-state index contributed by atoms with van der Waals surface area (Å²) >= 11 is 0. The van der Waals surface area contributed by atoms with Crippen LogP contribution in [0.2, 0.25) is 0 Å². The Balaban J connectivity index is -0.00000000333. The number of halogens is 5. The third-order valence-electron chi connectivity index (χ3n) is 0. The first-order chi connectivity index (χ1) is 1.41. The second-order valence-corrected chi connectivity index (χ2v) is 1.57. The largest absolute Gasteiger partial charge is 3.00 e. The average molecular weight is 236 g/mol. The summed E-state index contributed by atoms with van der Waals surface area (Å²) in [6.45, 7) is 0. The minimum absolute atomic E-state index is 0. The van der Waals surface area contributed by atoms with E-state index in [2.05, 4.69) is 21.4 Å². The van der Waals surface area contributed by atoms with Gasteiger partial charge in [-0.05, 0) is 21.4 Å². The van der Waals surface area contributed by atoms with Crippen LogP contribution >= 0.6 is 31.6 Å². The first-order valence-electron chi connectivity index (χ1n) is 0.309. The zero-order valence-corrected chi connectivity index (χ0v) is 8.63. The summed E-state index contributed by atoms with van der Waals surface area (Å²) in [5.41, 5.74) is 0. The van der Waals surface area contributed by atoms with E-state index in [1.807, 2.05) is 0 Å². The minimum atomic E-state index is 0. The van der Waals surface area contributed by atoms with Gasteiger partial charge < -0.3 is 37.2 Å². The van der Waals surface area contributed by atoms with Crippen LogP contribution in [0.5, 0.6) is 0 Å². The molecular formula is AlCl5S. The molecule has 7 heteroatoms. The van der Waals surface area contributed by atoms with Crippen LogP contribution in [0.25, 0.3) is 0 Å². The molecule has 0 aliphatic rings. The molecule has 0 unspecified atom stereocenters. The fourth-order valence-corrected chi connectivity index (χ4v) is 0. The van der Waals surface area contributed by atoms with E-state index >= 15 is 0 Å². The van der Waals surface area contributed by atoms with Gasteiger partial charge in [0.05, 0.1) is 10.2 Å². The average Bonchev–Trinajstić information content (AvgIpc) is 0.918. The molecule has 0 atom stereocenters. The molecule has 0 saturated heterocycles. The van der Waals surface area contributed by atoms with E-state index in [9.17, 15) is 0 Å². The fourth-order valence-electron chi connectivity index (χ4n) is 0. The molecule has 0 N–H and O–H groups in total. The van der Waals surface area contributed by atoms with Crippen LogP contribution < -0.4 is 37.2 Å². The fraction of sp³-hybridized carbons (Fsp3) is 0. The second kappa shape index (κ2) is 40.3. The van der Waals surface area contributed by atoms with Crippen molar-refractivity contribution < 1.29 is 37.2 Å². The van der Waals surface area contributed by atoms with Gasteiger partial charge in [0.15, 0.2) is 0 Å². The van der Waals surface area contributed by atoms with E-state index in [4.69, 9.17) is 0 Å². The predicted octanol–water partition coefficient (Wildman–Crippen LogP) is -7.34. The van der Waals surface area contributed by atoms with Gasteiger partial charge in [0.1, 0.15) is 0 Å². The Labute approximate surface area is 85.4 Å². The summed E-state index contributed by atoms with van der Waals surface area (Å²) < 4.78 is 0. The van der Waals surface area contributed by atoms with Crippen molar-refractivity contribution in [3.8, 4) is 0 Å². The Morgan fingerprint density at radius 3 is 0.857 bits per heavy atom. The van der Waals surface area contributed by atoms with Crippen LogP contribution in [0.1, 0.15) is 0 Å². The molecule has 0 bridgehead atoms. The van der Waals surface area contributed by atoms with E-state index in [0.717, 1.165) is 0 Å². The Kier molecular flexibility index (Phi) is 199. The zero-order valence-electron chi connectivity index (χ0n) is 2.88. The van der Waals surface area contributed by atoms with E-state index in [1.165, 1.54) is 0 Å². The van der Waals surface area contributed by atoms with Gasteiger partial charge in [0.25, 0.3) is 0 Å². The van der Waals surface area contributed by atoms with Crippen molar-refractivity contribution in [2.75, 3.05) is 0 Å². The normalized spacial score (nSPS) is 2.57. The molecule has 0 radical (unpaired) electrons. The van der Waals surface area contributed by atoms with Crippen LogP contribution in [0.15, 0.2) is 0 Å². The van der Waals surface area contributed by atoms with Gasteiger partial charge in [-0.2, -0.15) is 0 Å². The smallest absolute Gasteiger partial charge is 1.00 e. The molecule has 0 fully saturated rings. The molecule has 7 heavy (non-hydrogen) atoms. The standard InChI is InChI=1S/Al.Cl2S.3ClH/c;1-3-2;;;/h;;3*1H/q+3;;;;/p-3. The molecule has 44 valence electrons. The number of hydrogen-bond acceptors (Lipinski definition) is 1. The van der Waals surface area contributed by atoms with Crippen LogP contribution in [0.4, 0.5) is 0 Å². The van der Waals surface area contributed by atoms with Gasteiger partial charge in [-0.3, -0.25) is 0 Å². The molecular weight excluding hydrogens is 236 g/mol. The monoisotopic (exact) mass is 234 g/mol. The van der Waals surface area contributed by atoms with Gasteiger partial charge in [0, 0.05) is 0 Å². The van der Waals surface area contributed by atoms with Crippen molar-refractivity contribution in [3.63, 3.8) is 0 Å². The van der Waals surface area contributed by atoms with Crippen molar-refractivity contribution in [1.29, 1.82) is 0 Å². The van der Waals surface area contributed by atoms with Crippen molar-refractivity contribution in [1.82, 2.24) is 0 Å². The minimum Gasteiger partial charge on any atom is -1.00 e. The Bertz CT molecular complexity index is 8.04. The zero-order chi connectivity index (χ0) is 2.71. The van der Waals surface area contributed by atoms with Crippen LogP contribution in [0, 0.1) is 0 Å². The van der Waals surface area contributed by atoms with Crippen LogP contribution in [-0.2, 0) is 0 Å². The summed E-state index contributed by atoms with van der Waals surface area (Å²) in [5.74, 6) is 0. The topological polar surface area (TPSA) is 0 Å². The summed E-state index contributed by atoms with van der Waals surface area (Å²) in [6.07, 6.45) is 0. The molecule has 0 aliphatic carbocycles. The third-order valence-corrected chi connectivity index (χ3v) is 0. The molecule has 0 spiro atoms. The summed E-state index contributed by atoms with van der Waals surface area (Å²) in [5, 5.41) is 0. The second-order valence-electron chi connectivity index (χ2n) is 0.0583. The van der Waals surface area contributed by atoms with Gasteiger partial charge in [0.2, 0.25) is 0 Å². The van der Waals surface area contributed by atoms with E-state index in [1.54, 1.807) is 0 Å². The van der Waals surface area contributed by atoms with Crippen LogP contribution in [-0.4, -0.2) is 17.4 Å². The van der Waals surface area contributed by atoms with Crippen LogP contribution in [0.3, 0.4) is 0 Å². The maximum atomic E-state index is 4.68. The molecule has 0 nitrogen and oxygen atoms in total. The quantitative estimate of drug-likeness (QED) is 0.377. The van der Waals surface area contributed by atoms with Gasteiger partial charge in [-0.15, -0.1) is 0 Å². The SMILES string of the molecule is ClSCl.[Al+3].[Cl-].[Cl-].[Cl-]. The summed E-state index contributed by atoms with van der Waals surface area (Å²) in [4.78, 5) is 0. The van der Waals surface area contributed by atoms with Crippen molar-refractivity contribution in [2.45, 2.75) is 0 Å². The first-order valence-corrected chi connectivity index (χ1v) is 2.78. The van der Waals surface area contributed by atoms with Gasteiger partial charge in [-0.1, -0.05) is 0 Å². The van der Waals surface area contributed by atoms with Crippen molar-refractivity contribution >= 4 is 48.9 Å². The Morgan fingerprint density at radius 2 is 0.857 bits per heavy atom. The molecule has 0 aliphatic heterocycles. The van der Waals surface area contributed by atoms with Crippen molar-refractivity contribution in [3.05, 3.63) is 0 Å².